The summed E-state index contributed by atoms with van der Waals surface area (Å²) in [5.74, 6) is 0. The summed E-state index contributed by atoms with van der Waals surface area (Å²) in [5.41, 5.74) is 4.71. The summed E-state index contributed by atoms with van der Waals surface area (Å²) >= 11 is 5.92. The van der Waals surface area contributed by atoms with Gasteiger partial charge in [0.1, 0.15) is 0 Å². The van der Waals surface area contributed by atoms with E-state index in [9.17, 15) is 18.0 Å². The monoisotopic (exact) mass is 320 g/mol. The molecule has 21 heavy (non-hydrogen) atoms. The van der Waals surface area contributed by atoms with Crippen LogP contribution in [0.25, 0.3) is 5.57 Å². The Bertz CT molecular complexity index is 614. The van der Waals surface area contributed by atoms with E-state index in [1.807, 2.05) is 0 Å². The Hall–Kier alpha value is -1.89. The first-order valence-electron chi connectivity index (χ1n) is 6.03. The standard InChI is InChI=1S/C13H12ClF3N2O2/c14-10-6-8(18)5-9(13(15,16)17)11(10)7-1-3-19(4-2-7)12(20)21/h1,5-6H,2-4,18H2,(H,20,21). The SMILES string of the molecule is Nc1cc(Cl)c(C2=CCN(C(=O)O)CC2)c(C(F)(F)F)c1. The average molecular weight is 321 g/mol. The molecule has 0 aromatic heterocycles. The third-order valence-electron chi connectivity index (χ3n) is 3.22. The minimum atomic E-state index is -4.58. The number of nitrogens with zero attached hydrogens (tertiary/aromatic N) is 1. The summed E-state index contributed by atoms with van der Waals surface area (Å²) in [6, 6.07) is 2.10. The number of benzene rings is 1. The molecule has 0 atom stereocenters. The topological polar surface area (TPSA) is 66.6 Å². The molecule has 2 rings (SSSR count). The van der Waals surface area contributed by atoms with Gasteiger partial charge in [-0.05, 0) is 24.1 Å². The summed E-state index contributed by atoms with van der Waals surface area (Å²) in [6.45, 7) is 0.155. The predicted molar refractivity (Wildman–Crippen MR) is 73.1 cm³/mol. The van der Waals surface area contributed by atoms with Gasteiger partial charge in [-0.2, -0.15) is 13.2 Å². The molecule has 3 N–H and O–H groups in total. The molecule has 114 valence electrons. The Kier molecular flexibility index (Phi) is 4.04. The van der Waals surface area contributed by atoms with Crippen LogP contribution in [0.3, 0.4) is 0 Å². The van der Waals surface area contributed by atoms with E-state index in [0.29, 0.717) is 5.57 Å². The van der Waals surface area contributed by atoms with E-state index in [4.69, 9.17) is 22.4 Å². The molecular weight excluding hydrogens is 309 g/mol. The van der Waals surface area contributed by atoms with Crippen LogP contribution in [0.15, 0.2) is 18.2 Å². The molecule has 0 radical (unpaired) electrons. The summed E-state index contributed by atoms with van der Waals surface area (Å²) in [7, 11) is 0. The van der Waals surface area contributed by atoms with Crippen molar-refractivity contribution >= 4 is 29.0 Å². The zero-order valence-electron chi connectivity index (χ0n) is 10.7. The molecule has 1 aromatic carbocycles. The lowest BCUT2D eigenvalue weighted by molar-refractivity contribution is -0.137. The number of amides is 1. The Morgan fingerprint density at radius 1 is 1.38 bits per heavy atom. The van der Waals surface area contributed by atoms with Gasteiger partial charge in [0.25, 0.3) is 0 Å². The Morgan fingerprint density at radius 2 is 2.05 bits per heavy atom. The van der Waals surface area contributed by atoms with E-state index < -0.39 is 17.8 Å². The van der Waals surface area contributed by atoms with Crippen LogP contribution >= 0.6 is 11.6 Å². The van der Waals surface area contributed by atoms with Crippen LogP contribution in [0.4, 0.5) is 23.7 Å². The maximum atomic E-state index is 13.1. The predicted octanol–water partition coefficient (Wildman–Crippen LogP) is 3.71. The van der Waals surface area contributed by atoms with Crippen LogP contribution in [0.1, 0.15) is 17.5 Å². The first-order valence-corrected chi connectivity index (χ1v) is 6.41. The number of nitrogen functional groups attached to an aromatic ring is 1. The van der Waals surface area contributed by atoms with Gasteiger partial charge in [-0.25, -0.2) is 4.79 Å². The lowest BCUT2D eigenvalue weighted by Crippen LogP contribution is -2.33. The van der Waals surface area contributed by atoms with E-state index in [1.54, 1.807) is 0 Å². The molecule has 0 unspecified atom stereocenters. The van der Waals surface area contributed by atoms with Crippen molar-refractivity contribution in [2.45, 2.75) is 12.6 Å². The van der Waals surface area contributed by atoms with Crippen LogP contribution in [0.5, 0.6) is 0 Å². The molecule has 1 heterocycles. The van der Waals surface area contributed by atoms with Crippen LogP contribution < -0.4 is 5.73 Å². The van der Waals surface area contributed by atoms with Crippen molar-refractivity contribution in [1.29, 1.82) is 0 Å². The summed E-state index contributed by atoms with van der Waals surface area (Å²) in [4.78, 5) is 11.9. The first kappa shape index (κ1) is 15.5. The molecule has 0 bridgehead atoms. The van der Waals surface area contributed by atoms with Crippen LogP contribution in [-0.4, -0.2) is 29.2 Å². The largest absolute Gasteiger partial charge is 0.465 e. The average Bonchev–Trinajstić information content (AvgIpc) is 2.37. The van der Waals surface area contributed by atoms with Crippen molar-refractivity contribution in [3.8, 4) is 0 Å². The van der Waals surface area contributed by atoms with Crippen molar-refractivity contribution in [1.82, 2.24) is 4.90 Å². The fourth-order valence-corrected chi connectivity index (χ4v) is 2.60. The fraction of sp³-hybridized carbons (Fsp3) is 0.308. The molecule has 0 aliphatic carbocycles. The molecule has 0 saturated carbocycles. The maximum absolute atomic E-state index is 13.1. The summed E-state index contributed by atoms with van der Waals surface area (Å²) < 4.78 is 39.4. The smallest absolute Gasteiger partial charge is 0.417 e. The van der Waals surface area contributed by atoms with Crippen molar-refractivity contribution < 1.29 is 23.1 Å². The summed E-state index contributed by atoms with van der Waals surface area (Å²) in [6.07, 6.45) is -4.08. The third kappa shape index (κ3) is 3.24. The highest BCUT2D eigenvalue weighted by Crippen LogP contribution is 2.41. The van der Waals surface area contributed by atoms with Gasteiger partial charge in [-0.3, -0.25) is 0 Å². The fourth-order valence-electron chi connectivity index (χ4n) is 2.25. The van der Waals surface area contributed by atoms with E-state index in [2.05, 4.69) is 0 Å². The van der Waals surface area contributed by atoms with E-state index >= 15 is 0 Å². The number of carbonyl (C=O) groups is 1. The Morgan fingerprint density at radius 3 is 2.52 bits per heavy atom. The number of anilines is 1. The van der Waals surface area contributed by atoms with Gasteiger partial charge in [0.05, 0.1) is 10.6 Å². The zero-order valence-corrected chi connectivity index (χ0v) is 11.5. The number of carboxylic acid groups (broad SMARTS) is 1. The lowest BCUT2D eigenvalue weighted by atomic mass is 9.94. The highest BCUT2D eigenvalue weighted by molar-refractivity contribution is 6.32. The van der Waals surface area contributed by atoms with Crippen LogP contribution in [0, 0.1) is 0 Å². The van der Waals surface area contributed by atoms with Crippen LogP contribution in [0.2, 0.25) is 5.02 Å². The normalized spacial score (nSPS) is 15.8. The van der Waals surface area contributed by atoms with Gasteiger partial charge >= 0.3 is 12.3 Å². The number of halogens is 4. The molecule has 0 spiro atoms. The van der Waals surface area contributed by atoms with Gasteiger partial charge < -0.3 is 15.7 Å². The van der Waals surface area contributed by atoms with Crippen LogP contribution in [-0.2, 0) is 6.18 Å². The lowest BCUT2D eigenvalue weighted by Gasteiger charge is -2.26. The van der Waals surface area contributed by atoms with Gasteiger partial charge in [0, 0.05) is 24.3 Å². The van der Waals surface area contributed by atoms with E-state index in [0.717, 1.165) is 11.0 Å². The highest BCUT2D eigenvalue weighted by Gasteiger charge is 2.36. The number of nitrogens with two attached hydrogens (primary N) is 1. The van der Waals surface area contributed by atoms with E-state index in [-0.39, 0.29) is 35.8 Å². The minimum Gasteiger partial charge on any atom is -0.465 e. The molecule has 1 aliphatic rings. The molecule has 4 nitrogen and oxygen atoms in total. The van der Waals surface area contributed by atoms with Crippen molar-refractivity contribution in [2.24, 2.45) is 0 Å². The molecule has 8 heteroatoms. The molecule has 1 amide bonds. The summed E-state index contributed by atoms with van der Waals surface area (Å²) in [5, 5.41) is 8.76. The number of hydrogen-bond acceptors (Lipinski definition) is 2. The molecular formula is C13H12ClF3N2O2. The highest BCUT2D eigenvalue weighted by atomic mass is 35.5. The second-order valence-corrected chi connectivity index (χ2v) is 5.04. The number of rotatable bonds is 1. The Labute approximate surface area is 123 Å². The second kappa shape index (κ2) is 5.48. The number of alkyl halides is 3. The number of hydrogen-bond donors (Lipinski definition) is 2. The van der Waals surface area contributed by atoms with Gasteiger partial charge in [0.15, 0.2) is 0 Å². The minimum absolute atomic E-state index is 0.0304. The second-order valence-electron chi connectivity index (χ2n) is 4.63. The van der Waals surface area contributed by atoms with E-state index in [1.165, 1.54) is 12.1 Å². The molecule has 1 aromatic rings. The van der Waals surface area contributed by atoms with Gasteiger partial charge in [0.2, 0.25) is 0 Å². The molecule has 0 fully saturated rings. The maximum Gasteiger partial charge on any atom is 0.417 e. The molecule has 0 saturated heterocycles. The van der Waals surface area contributed by atoms with Gasteiger partial charge in [-0.15, -0.1) is 0 Å². The quantitative estimate of drug-likeness (QED) is 0.775. The molecule has 1 aliphatic heterocycles. The van der Waals surface area contributed by atoms with Gasteiger partial charge in [-0.1, -0.05) is 17.7 Å². The van der Waals surface area contributed by atoms with Crippen molar-refractivity contribution in [2.75, 3.05) is 18.8 Å². The van der Waals surface area contributed by atoms with Crippen molar-refractivity contribution in [3.63, 3.8) is 0 Å². The zero-order chi connectivity index (χ0) is 15.8. The Balaban J connectivity index is 2.47. The first-order chi connectivity index (χ1) is 9.70. The third-order valence-corrected chi connectivity index (χ3v) is 3.52. The van der Waals surface area contributed by atoms with Crippen molar-refractivity contribution in [3.05, 3.63) is 34.4 Å².